The molecule has 0 unspecified atom stereocenters. The minimum Gasteiger partial charge on any atom is -0.480 e. The van der Waals surface area contributed by atoms with E-state index in [-0.39, 0.29) is 18.4 Å². The Morgan fingerprint density at radius 2 is 1.90 bits per heavy atom. The number of carboxylic acid groups (broad SMARTS) is 1. The summed E-state index contributed by atoms with van der Waals surface area (Å²) in [4.78, 5) is 24.1. The average molecular weight is 322 g/mol. The molecular weight excluding hydrogens is 300 g/mol. The molecule has 1 fully saturated rings. The van der Waals surface area contributed by atoms with Gasteiger partial charge in [-0.15, -0.1) is 0 Å². The first-order valence-corrected chi connectivity index (χ1v) is 8.40. The molecule has 1 aliphatic rings. The summed E-state index contributed by atoms with van der Waals surface area (Å²) >= 11 is 0. The summed E-state index contributed by atoms with van der Waals surface area (Å²) in [5.74, 6) is -1.45. The van der Waals surface area contributed by atoms with Gasteiger partial charge in [-0.1, -0.05) is 0 Å². The Labute approximate surface area is 124 Å². The van der Waals surface area contributed by atoms with Gasteiger partial charge in [0.05, 0.1) is 5.75 Å². The Morgan fingerprint density at radius 1 is 1.33 bits per heavy atom. The minimum atomic E-state index is -3.24. The van der Waals surface area contributed by atoms with Crippen molar-refractivity contribution in [3.8, 4) is 0 Å². The Hall–Kier alpha value is -1.19. The van der Waals surface area contributed by atoms with Crippen molar-refractivity contribution in [2.24, 2.45) is 0 Å². The van der Waals surface area contributed by atoms with E-state index in [1.807, 2.05) is 0 Å². The second kappa shape index (κ2) is 7.71. The van der Waals surface area contributed by atoms with Gasteiger partial charge in [0.1, 0.15) is 13.2 Å². The molecule has 0 aromatic carbocycles. The molecule has 1 saturated heterocycles. The number of aliphatic carboxylic acids is 1. The molecule has 0 aliphatic carbocycles. The number of ether oxygens (including phenoxy) is 1. The number of methoxy groups -OCH3 is 1. The molecule has 8 nitrogen and oxygen atoms in total. The summed E-state index contributed by atoms with van der Waals surface area (Å²) in [5.41, 5.74) is 0. The molecule has 0 spiro atoms. The average Bonchev–Trinajstić information content (AvgIpc) is 2.45. The Morgan fingerprint density at radius 3 is 2.33 bits per heavy atom. The highest BCUT2D eigenvalue weighted by molar-refractivity contribution is 7.89. The highest BCUT2D eigenvalue weighted by Gasteiger charge is 2.32. The number of carboxylic acids is 1. The zero-order chi connectivity index (χ0) is 16.0. The molecule has 1 amide bonds. The van der Waals surface area contributed by atoms with Gasteiger partial charge in [0.2, 0.25) is 15.9 Å². The van der Waals surface area contributed by atoms with Crippen molar-refractivity contribution in [3.05, 3.63) is 0 Å². The number of sulfonamides is 1. The third-order valence-corrected chi connectivity index (χ3v) is 5.40. The number of piperidine rings is 1. The van der Waals surface area contributed by atoms with Gasteiger partial charge < -0.3 is 14.7 Å². The summed E-state index contributed by atoms with van der Waals surface area (Å²) in [5, 5.41) is 8.91. The molecule has 0 radical (unpaired) electrons. The molecule has 0 aromatic heterocycles. The number of hydrogen-bond donors (Lipinski definition) is 1. The fourth-order valence-corrected chi connectivity index (χ4v) is 3.52. The van der Waals surface area contributed by atoms with E-state index in [0.717, 1.165) is 0 Å². The molecule has 122 valence electrons. The molecule has 0 bridgehead atoms. The standard InChI is InChI=1S/C12H22N2O6S/c1-3-21(18,19)13-6-4-10(5-7-13)14(8-12(16)17)11(15)9-20-2/h10H,3-9H2,1-2H3,(H,16,17). The van der Waals surface area contributed by atoms with Crippen molar-refractivity contribution in [1.82, 2.24) is 9.21 Å². The van der Waals surface area contributed by atoms with Gasteiger partial charge in [-0.25, -0.2) is 12.7 Å². The molecule has 1 N–H and O–H groups in total. The maximum absolute atomic E-state index is 11.9. The molecule has 0 aromatic rings. The summed E-state index contributed by atoms with van der Waals surface area (Å²) in [7, 11) is -1.87. The van der Waals surface area contributed by atoms with Gasteiger partial charge in [0, 0.05) is 26.2 Å². The Kier molecular flexibility index (Phi) is 6.56. The number of amides is 1. The van der Waals surface area contributed by atoms with Crippen molar-refractivity contribution < 1.29 is 27.9 Å². The molecule has 21 heavy (non-hydrogen) atoms. The maximum atomic E-state index is 11.9. The SMILES string of the molecule is CCS(=O)(=O)N1CCC(N(CC(=O)O)C(=O)COC)CC1. The van der Waals surface area contributed by atoms with Crippen LogP contribution in [-0.4, -0.2) is 79.8 Å². The van der Waals surface area contributed by atoms with Crippen LogP contribution < -0.4 is 0 Å². The van der Waals surface area contributed by atoms with Gasteiger partial charge in [-0.2, -0.15) is 0 Å². The summed E-state index contributed by atoms with van der Waals surface area (Å²) in [6.45, 7) is 1.61. The van der Waals surface area contributed by atoms with E-state index in [4.69, 9.17) is 9.84 Å². The molecule has 0 atom stereocenters. The highest BCUT2D eigenvalue weighted by Crippen LogP contribution is 2.19. The number of hydrogen-bond acceptors (Lipinski definition) is 5. The van der Waals surface area contributed by atoms with E-state index in [0.29, 0.717) is 25.9 Å². The number of nitrogens with zero attached hydrogens (tertiary/aromatic N) is 2. The lowest BCUT2D eigenvalue weighted by Crippen LogP contribution is -2.51. The number of rotatable bonds is 7. The van der Waals surface area contributed by atoms with Crippen LogP contribution in [0.1, 0.15) is 19.8 Å². The van der Waals surface area contributed by atoms with Crippen molar-refractivity contribution in [3.63, 3.8) is 0 Å². The summed E-state index contributed by atoms with van der Waals surface area (Å²) in [6, 6.07) is -0.271. The third kappa shape index (κ3) is 4.94. The Balaban J connectivity index is 2.71. The van der Waals surface area contributed by atoms with Crippen molar-refractivity contribution in [2.45, 2.75) is 25.8 Å². The van der Waals surface area contributed by atoms with Crippen LogP contribution in [0.2, 0.25) is 0 Å². The quantitative estimate of drug-likeness (QED) is 0.668. The number of carbonyl (C=O) groups excluding carboxylic acids is 1. The van der Waals surface area contributed by atoms with Gasteiger partial charge in [0.15, 0.2) is 0 Å². The second-order valence-corrected chi connectivity index (χ2v) is 7.14. The summed E-state index contributed by atoms with van der Waals surface area (Å²) in [6.07, 6.45) is 0.865. The monoisotopic (exact) mass is 322 g/mol. The fourth-order valence-electron chi connectivity index (χ4n) is 2.39. The van der Waals surface area contributed by atoms with E-state index in [1.54, 1.807) is 6.92 Å². The van der Waals surface area contributed by atoms with E-state index in [2.05, 4.69) is 0 Å². The van der Waals surface area contributed by atoms with Crippen LogP contribution in [0.3, 0.4) is 0 Å². The van der Waals surface area contributed by atoms with Crippen molar-refractivity contribution >= 4 is 21.9 Å². The van der Waals surface area contributed by atoms with Crippen LogP contribution in [0.25, 0.3) is 0 Å². The minimum absolute atomic E-state index is 0.0408. The predicted molar refractivity (Wildman–Crippen MR) is 75.3 cm³/mol. The smallest absolute Gasteiger partial charge is 0.323 e. The summed E-state index contributed by atoms with van der Waals surface area (Å²) < 4.78 is 29.7. The lowest BCUT2D eigenvalue weighted by atomic mass is 10.0. The highest BCUT2D eigenvalue weighted by atomic mass is 32.2. The largest absolute Gasteiger partial charge is 0.480 e. The van der Waals surface area contributed by atoms with Gasteiger partial charge >= 0.3 is 5.97 Å². The topological polar surface area (TPSA) is 104 Å². The van der Waals surface area contributed by atoms with Crippen LogP contribution in [0.5, 0.6) is 0 Å². The molecule has 0 saturated carbocycles. The van der Waals surface area contributed by atoms with Crippen molar-refractivity contribution in [2.75, 3.05) is 39.1 Å². The van der Waals surface area contributed by atoms with Gasteiger partial charge in [-0.05, 0) is 19.8 Å². The van der Waals surface area contributed by atoms with Crippen LogP contribution in [0, 0.1) is 0 Å². The van der Waals surface area contributed by atoms with Crippen LogP contribution >= 0.6 is 0 Å². The van der Waals surface area contributed by atoms with Crippen LogP contribution in [0.4, 0.5) is 0 Å². The lowest BCUT2D eigenvalue weighted by Gasteiger charge is -2.37. The fraction of sp³-hybridized carbons (Fsp3) is 0.833. The third-order valence-electron chi connectivity index (χ3n) is 3.52. The van der Waals surface area contributed by atoms with E-state index in [9.17, 15) is 18.0 Å². The normalized spacial score (nSPS) is 17.6. The van der Waals surface area contributed by atoms with E-state index >= 15 is 0 Å². The van der Waals surface area contributed by atoms with Gasteiger partial charge in [-0.3, -0.25) is 9.59 Å². The zero-order valence-corrected chi connectivity index (χ0v) is 13.1. The molecule has 1 aliphatic heterocycles. The first-order valence-electron chi connectivity index (χ1n) is 6.79. The van der Waals surface area contributed by atoms with Gasteiger partial charge in [0.25, 0.3) is 0 Å². The maximum Gasteiger partial charge on any atom is 0.323 e. The molecular formula is C12H22N2O6S. The number of carbonyl (C=O) groups is 2. The predicted octanol–water partition coefficient (Wildman–Crippen LogP) is -0.640. The molecule has 1 rings (SSSR count). The second-order valence-electron chi connectivity index (χ2n) is 4.88. The van der Waals surface area contributed by atoms with E-state index in [1.165, 1.54) is 16.3 Å². The first kappa shape index (κ1) is 17.9. The first-order chi connectivity index (χ1) is 9.81. The Bertz CT molecular complexity index is 470. The van der Waals surface area contributed by atoms with Crippen LogP contribution in [-0.2, 0) is 24.3 Å². The lowest BCUT2D eigenvalue weighted by molar-refractivity contribution is -0.148. The molecule has 1 heterocycles. The van der Waals surface area contributed by atoms with Crippen LogP contribution in [0.15, 0.2) is 0 Å². The molecule has 9 heteroatoms. The zero-order valence-electron chi connectivity index (χ0n) is 12.3. The van der Waals surface area contributed by atoms with E-state index < -0.39 is 28.4 Å². The van der Waals surface area contributed by atoms with Crippen molar-refractivity contribution in [1.29, 1.82) is 0 Å².